The molecule has 0 aliphatic heterocycles. The topological polar surface area (TPSA) is 166 Å². The molecule has 2 unspecified atom stereocenters. The molecule has 0 saturated heterocycles. The molecule has 0 fully saturated rings. The monoisotopic (exact) mass is 964 g/mol. The average molecular weight is 964 g/mol. The highest BCUT2D eigenvalue weighted by atomic mass is 32.2. The van der Waals surface area contributed by atoms with Crippen molar-refractivity contribution in [3.63, 3.8) is 0 Å². The Morgan fingerprint density at radius 3 is 1.34 bits per heavy atom. The molecule has 17 heteroatoms. The summed E-state index contributed by atoms with van der Waals surface area (Å²) < 4.78 is 92.4. The van der Waals surface area contributed by atoms with E-state index in [2.05, 4.69) is 38.2 Å². The molecule has 0 aliphatic carbocycles. The molecule has 0 aromatic rings. The zero-order valence-corrected chi connectivity index (χ0v) is 42.3. The number of phosphoric ester groups is 1. The molecule has 1 N–H and O–H groups in total. The minimum Gasteiger partial charge on any atom is -0.756 e. The van der Waals surface area contributed by atoms with Crippen molar-refractivity contribution in [2.75, 3.05) is 40.9 Å². The predicted octanol–water partition coefficient (Wildman–Crippen LogP) is 12.9. The molecule has 380 valence electrons. The zero-order valence-electron chi connectivity index (χ0n) is 40.6. The molecule has 0 rings (SSSR count). The summed E-state index contributed by atoms with van der Waals surface area (Å²) in [4.78, 5) is 38.0. The van der Waals surface area contributed by atoms with Gasteiger partial charge >= 0.3 is 27.6 Å². The first kappa shape index (κ1) is 64.3. The average Bonchev–Trinajstić information content (AvgIpc) is 3.20. The summed E-state index contributed by atoms with van der Waals surface area (Å²) in [5.74, 6) is -0.848. The second-order valence-electron chi connectivity index (χ2n) is 17.7. The van der Waals surface area contributed by atoms with E-state index in [1.165, 1.54) is 89.9 Å². The third-order valence-electron chi connectivity index (χ3n) is 10.2. The van der Waals surface area contributed by atoms with Gasteiger partial charge < -0.3 is 27.9 Å². The van der Waals surface area contributed by atoms with E-state index < -0.39 is 54.2 Å². The number of hydrogen-bond donors (Lipinski definition) is 1. The van der Waals surface area contributed by atoms with Crippen molar-refractivity contribution < 1.29 is 68.2 Å². The van der Waals surface area contributed by atoms with Crippen LogP contribution in [0.2, 0.25) is 0 Å². The van der Waals surface area contributed by atoms with Gasteiger partial charge in [-0.25, -0.2) is 0 Å². The molecular formula is C47H89F3NO11PS. The lowest BCUT2D eigenvalue weighted by Crippen LogP contribution is -2.42. The number of nitrogens with zero attached hydrogens (tertiary/aromatic N) is 1. The lowest BCUT2D eigenvalue weighted by molar-refractivity contribution is -0.873. The highest BCUT2D eigenvalue weighted by Crippen LogP contribution is 2.41. The fourth-order valence-electron chi connectivity index (χ4n) is 6.53. The number of carbonyl (C=O) groups is 2. The van der Waals surface area contributed by atoms with Crippen LogP contribution in [0.15, 0.2) is 24.3 Å². The van der Waals surface area contributed by atoms with Crippen molar-refractivity contribution in [1.29, 1.82) is 0 Å². The van der Waals surface area contributed by atoms with Crippen LogP contribution in [0.5, 0.6) is 0 Å². The Hall–Kier alpha value is -1.81. The third kappa shape index (κ3) is 45.4. The van der Waals surface area contributed by atoms with Gasteiger partial charge in [-0.15, -0.1) is 0 Å². The standard InChI is InChI=1S/C46H88NO8P.CHF3O3S/c1-7-10-12-14-16-18-20-22-24-26-28-30-32-34-36-38-45(48)52-41-44(42-53-56(50,51)55-43(9-3)40-47(4,5)6)54-46(49)39-37-35-33-31-29-27-25-23-21-19-17-15-13-11-8-2;2-1(3,4)8(5,6)7/h22-25,43-44H,7-21,26-42H2,1-6H3;(H,5,6,7)/b24-22-,25-23-;/t43?,44-;/m1./s1. The van der Waals surface area contributed by atoms with E-state index >= 15 is 0 Å². The molecule has 0 saturated carbocycles. The van der Waals surface area contributed by atoms with Crippen molar-refractivity contribution in [2.24, 2.45) is 0 Å². The van der Waals surface area contributed by atoms with Crippen LogP contribution in [-0.2, 0) is 42.8 Å². The molecular weight excluding hydrogens is 875 g/mol. The number of likely N-dealkylation sites (N-methyl/N-ethyl adjacent to an activating group) is 1. The quantitative estimate of drug-likeness (QED) is 0.0118. The minimum atomic E-state index is -5.84. The first-order valence-electron chi connectivity index (χ1n) is 24.3. The summed E-state index contributed by atoms with van der Waals surface area (Å²) in [5, 5.41) is 0. The maximum absolute atomic E-state index is 12.8. The van der Waals surface area contributed by atoms with Crippen LogP contribution >= 0.6 is 7.82 Å². The number of esters is 2. The van der Waals surface area contributed by atoms with E-state index in [9.17, 15) is 32.2 Å². The van der Waals surface area contributed by atoms with Crippen LogP contribution in [0.25, 0.3) is 0 Å². The molecule has 0 radical (unpaired) electrons. The molecule has 0 heterocycles. The molecule has 3 atom stereocenters. The highest BCUT2D eigenvalue weighted by molar-refractivity contribution is 7.86. The second-order valence-corrected chi connectivity index (χ2v) is 20.5. The Bertz CT molecular complexity index is 1360. The van der Waals surface area contributed by atoms with Gasteiger partial charge in [-0.2, -0.15) is 21.6 Å². The van der Waals surface area contributed by atoms with Gasteiger partial charge in [0, 0.05) is 12.8 Å². The Balaban J connectivity index is 0. The number of alkyl halides is 3. The first-order chi connectivity index (χ1) is 30.2. The molecule has 0 bridgehead atoms. The molecule has 0 amide bonds. The predicted molar refractivity (Wildman–Crippen MR) is 249 cm³/mol. The fourth-order valence-corrected chi connectivity index (χ4v) is 7.53. The van der Waals surface area contributed by atoms with E-state index in [1.54, 1.807) is 0 Å². The van der Waals surface area contributed by atoms with Crippen LogP contribution < -0.4 is 4.89 Å². The lowest BCUT2D eigenvalue weighted by Gasteiger charge is -2.33. The number of carbonyl (C=O) groups excluding carboxylic acids is 2. The normalized spacial score (nSPS) is 14.3. The zero-order chi connectivity index (χ0) is 48.6. The number of halogens is 3. The molecule has 0 aromatic carbocycles. The first-order valence-corrected chi connectivity index (χ1v) is 27.2. The van der Waals surface area contributed by atoms with Gasteiger partial charge in [0.2, 0.25) is 0 Å². The fraction of sp³-hybridized carbons (Fsp3) is 0.872. The Morgan fingerprint density at radius 2 is 0.984 bits per heavy atom. The Morgan fingerprint density at radius 1 is 0.625 bits per heavy atom. The van der Waals surface area contributed by atoms with E-state index in [4.69, 9.17) is 31.5 Å². The smallest absolute Gasteiger partial charge is 0.522 e. The van der Waals surface area contributed by atoms with Crippen LogP contribution in [0.1, 0.15) is 207 Å². The number of allylic oxidation sites excluding steroid dienone is 4. The van der Waals surface area contributed by atoms with E-state index in [0.717, 1.165) is 70.6 Å². The van der Waals surface area contributed by atoms with Crippen LogP contribution in [0, 0.1) is 0 Å². The highest BCUT2D eigenvalue weighted by Gasteiger charge is 2.44. The largest absolute Gasteiger partial charge is 0.756 e. The molecule has 0 spiro atoms. The number of hydrogen-bond acceptors (Lipinski definition) is 10. The van der Waals surface area contributed by atoms with Gasteiger partial charge in [-0.05, 0) is 70.6 Å². The van der Waals surface area contributed by atoms with Gasteiger partial charge in [0.1, 0.15) is 19.3 Å². The Kier molecular flexibility index (Phi) is 40.4. The number of quaternary nitrogens is 1. The van der Waals surface area contributed by atoms with Gasteiger partial charge in [-0.3, -0.25) is 18.7 Å². The summed E-state index contributed by atoms with van der Waals surface area (Å²) >= 11 is 0. The lowest BCUT2D eigenvalue weighted by atomic mass is 10.1. The summed E-state index contributed by atoms with van der Waals surface area (Å²) in [6, 6.07) is 0. The van der Waals surface area contributed by atoms with Crippen molar-refractivity contribution in [2.45, 2.75) is 225 Å². The number of ether oxygens (including phenoxy) is 2. The summed E-state index contributed by atoms with van der Waals surface area (Å²) in [5.41, 5.74) is -5.53. The van der Waals surface area contributed by atoms with Gasteiger partial charge in [0.05, 0.1) is 27.7 Å². The number of phosphoric acid groups is 1. The number of unbranched alkanes of at least 4 members (excludes halogenated alkanes) is 22. The van der Waals surface area contributed by atoms with Gasteiger partial charge in [0.15, 0.2) is 6.10 Å². The maximum Gasteiger partial charge on any atom is 0.522 e. The van der Waals surface area contributed by atoms with Crippen LogP contribution in [0.4, 0.5) is 13.2 Å². The number of rotatable bonds is 41. The summed E-state index contributed by atoms with van der Waals surface area (Å²) in [6.45, 7) is 6.10. The Labute approximate surface area is 386 Å². The molecule has 0 aliphatic rings. The molecule has 0 aromatic heterocycles. The van der Waals surface area contributed by atoms with Crippen molar-refractivity contribution in [1.82, 2.24) is 0 Å². The van der Waals surface area contributed by atoms with Crippen LogP contribution in [0.3, 0.4) is 0 Å². The van der Waals surface area contributed by atoms with E-state index in [0.29, 0.717) is 23.9 Å². The van der Waals surface area contributed by atoms with Crippen molar-refractivity contribution in [3.8, 4) is 0 Å². The van der Waals surface area contributed by atoms with Gasteiger partial charge in [0.25, 0.3) is 7.82 Å². The molecule has 12 nitrogen and oxygen atoms in total. The van der Waals surface area contributed by atoms with E-state index in [1.807, 2.05) is 28.1 Å². The summed E-state index contributed by atoms with van der Waals surface area (Å²) in [6.07, 6.45) is 39.0. The van der Waals surface area contributed by atoms with Crippen molar-refractivity contribution in [3.05, 3.63) is 24.3 Å². The summed E-state index contributed by atoms with van der Waals surface area (Å²) in [7, 11) is -4.66. The van der Waals surface area contributed by atoms with Gasteiger partial charge in [-0.1, -0.05) is 148 Å². The SMILES string of the molecule is CCCCCCCC/C=C\CCCCCCCC(=O)OC[C@H](COP(=O)([O-])OC(CC)C[N+](C)(C)C)OC(=O)CCCCCCC/C=C\CCCCCCCC.O=S(=O)(O)C(F)(F)F. The van der Waals surface area contributed by atoms with E-state index in [-0.39, 0.29) is 19.4 Å². The van der Waals surface area contributed by atoms with Crippen molar-refractivity contribution >= 4 is 29.9 Å². The van der Waals surface area contributed by atoms with Crippen LogP contribution in [-0.4, -0.2) is 88.0 Å². The third-order valence-corrected chi connectivity index (χ3v) is 11.8. The second kappa shape index (κ2) is 40.3. The maximum atomic E-state index is 12.8. The molecule has 64 heavy (non-hydrogen) atoms. The minimum absolute atomic E-state index is 0.213.